The molecule has 124 valence electrons. The molecule has 4 heteroatoms. The van der Waals surface area contributed by atoms with E-state index in [1.54, 1.807) is 0 Å². The number of aliphatic hydroxyl groups is 1. The van der Waals surface area contributed by atoms with Crippen LogP contribution in [0.1, 0.15) is 57.8 Å². The first kappa shape index (κ1) is 15.1. The molecule has 0 saturated heterocycles. The predicted molar refractivity (Wildman–Crippen MR) is 85.9 cm³/mol. The maximum atomic E-state index is 12.2. The Balaban J connectivity index is 1.91. The van der Waals surface area contributed by atoms with Crippen molar-refractivity contribution in [2.45, 2.75) is 58.3 Å². The smallest absolute Gasteiger partial charge is 0.155 e. The van der Waals surface area contributed by atoms with Crippen LogP contribution in [0.5, 0.6) is 0 Å². The number of carbonyl (C=O) groups excluding carboxylic acids is 1. The van der Waals surface area contributed by atoms with E-state index < -0.39 is 0 Å². The van der Waals surface area contributed by atoms with E-state index in [0.717, 1.165) is 37.0 Å². The molecule has 1 saturated carbocycles. The molecule has 4 rings (SSSR count). The summed E-state index contributed by atoms with van der Waals surface area (Å²) in [5, 5.41) is 14.2. The van der Waals surface area contributed by atoms with Gasteiger partial charge in [-0.05, 0) is 43.1 Å². The van der Waals surface area contributed by atoms with Gasteiger partial charge in [-0.2, -0.15) is 0 Å². The zero-order valence-electron chi connectivity index (χ0n) is 14.2. The third kappa shape index (κ3) is 1.81. The summed E-state index contributed by atoms with van der Waals surface area (Å²) in [5.41, 5.74) is 1.91. The van der Waals surface area contributed by atoms with E-state index in [2.05, 4.69) is 25.9 Å². The summed E-state index contributed by atoms with van der Waals surface area (Å²) >= 11 is 0. The first-order valence-corrected chi connectivity index (χ1v) is 8.64. The minimum atomic E-state index is -0.204. The Labute approximate surface area is 136 Å². The fourth-order valence-electron chi connectivity index (χ4n) is 5.93. The molecule has 3 aliphatic carbocycles. The molecule has 1 N–H and O–H groups in total. The largest absolute Gasteiger partial charge is 0.395 e. The molecule has 0 unspecified atom stereocenters. The van der Waals surface area contributed by atoms with Gasteiger partial charge in [0.2, 0.25) is 0 Å². The van der Waals surface area contributed by atoms with Crippen LogP contribution in [0.3, 0.4) is 0 Å². The van der Waals surface area contributed by atoms with Gasteiger partial charge >= 0.3 is 0 Å². The van der Waals surface area contributed by atoms with Gasteiger partial charge in [0.1, 0.15) is 5.76 Å². The number of hydrogen-bond acceptors (Lipinski definition) is 4. The first-order chi connectivity index (χ1) is 10.8. The predicted octanol–water partition coefficient (Wildman–Crippen LogP) is 3.19. The number of fused-ring (bicyclic) bond motifs is 4. The molecule has 1 fully saturated rings. The van der Waals surface area contributed by atoms with Crippen molar-refractivity contribution < 1.29 is 14.4 Å². The summed E-state index contributed by atoms with van der Waals surface area (Å²) in [6, 6.07) is 0. The summed E-state index contributed by atoms with van der Waals surface area (Å²) < 4.78 is 5.59. The summed E-state index contributed by atoms with van der Waals surface area (Å²) in [4.78, 5) is 12.2. The Morgan fingerprint density at radius 2 is 2.13 bits per heavy atom. The molecule has 3 atom stereocenters. The number of hydrogen-bond donors (Lipinski definition) is 1. The van der Waals surface area contributed by atoms with Gasteiger partial charge in [-0.3, -0.25) is 4.79 Å². The van der Waals surface area contributed by atoms with E-state index >= 15 is 0 Å². The number of ketones is 1. The molecule has 0 amide bonds. The molecule has 1 heterocycles. The SMILES string of the molecule is CC1(C)c2oncc2C[C@]2(C)C3=CC(=O)CC[C@]3(CO)CC[C@@H]12. The van der Waals surface area contributed by atoms with Crippen LogP contribution < -0.4 is 0 Å². The molecule has 0 radical (unpaired) electrons. The van der Waals surface area contributed by atoms with Gasteiger partial charge in [0.15, 0.2) is 5.78 Å². The standard InChI is InChI=1S/C19H25NO3/c1-17(2)14-5-7-19(11-21)6-4-13(22)8-15(19)18(14,3)9-12-10-20-23-16(12)17/h8,10,14,21H,4-7,9,11H2,1-3H3/t14-,18-,19+/m0/s1. The highest BCUT2D eigenvalue weighted by atomic mass is 16.5. The third-order valence-electron chi connectivity index (χ3n) is 6.98. The highest BCUT2D eigenvalue weighted by Crippen LogP contribution is 2.64. The molecule has 0 aromatic carbocycles. The first-order valence-electron chi connectivity index (χ1n) is 8.64. The van der Waals surface area contributed by atoms with E-state index in [4.69, 9.17) is 4.52 Å². The Bertz CT molecular complexity index is 701. The molecule has 0 aliphatic heterocycles. The Morgan fingerprint density at radius 3 is 2.87 bits per heavy atom. The minimum absolute atomic E-state index is 0.109. The van der Waals surface area contributed by atoms with Gasteiger partial charge in [0.05, 0.1) is 12.8 Å². The zero-order chi connectivity index (χ0) is 16.5. The van der Waals surface area contributed by atoms with Crippen molar-refractivity contribution >= 4 is 5.78 Å². The molecule has 3 aliphatic rings. The van der Waals surface area contributed by atoms with Crippen molar-refractivity contribution in [3.63, 3.8) is 0 Å². The summed E-state index contributed by atoms with van der Waals surface area (Å²) in [6.45, 7) is 6.89. The lowest BCUT2D eigenvalue weighted by atomic mass is 9.44. The Kier molecular flexibility index (Phi) is 3.00. The van der Waals surface area contributed by atoms with Gasteiger partial charge in [0.25, 0.3) is 0 Å². The molecule has 23 heavy (non-hydrogen) atoms. The van der Waals surface area contributed by atoms with Crippen LogP contribution >= 0.6 is 0 Å². The van der Waals surface area contributed by atoms with Crippen molar-refractivity contribution in [2.75, 3.05) is 6.61 Å². The van der Waals surface area contributed by atoms with Crippen LogP contribution in [-0.4, -0.2) is 22.7 Å². The second-order valence-electron chi connectivity index (χ2n) is 8.55. The lowest BCUT2D eigenvalue weighted by Gasteiger charge is -2.59. The monoisotopic (exact) mass is 315 g/mol. The van der Waals surface area contributed by atoms with Crippen LogP contribution in [0.15, 0.2) is 22.4 Å². The van der Waals surface area contributed by atoms with Crippen molar-refractivity contribution in [3.05, 3.63) is 29.2 Å². The minimum Gasteiger partial charge on any atom is -0.395 e. The second-order valence-corrected chi connectivity index (χ2v) is 8.55. The third-order valence-corrected chi connectivity index (χ3v) is 6.98. The Hall–Kier alpha value is -1.42. The van der Waals surface area contributed by atoms with Crippen molar-refractivity contribution in [1.82, 2.24) is 5.16 Å². The highest BCUT2D eigenvalue weighted by molar-refractivity contribution is 5.92. The number of aliphatic hydroxyl groups excluding tert-OH is 1. The van der Waals surface area contributed by atoms with Crippen molar-refractivity contribution in [3.8, 4) is 0 Å². The molecular formula is C19H25NO3. The summed E-state index contributed by atoms with van der Waals surface area (Å²) in [6.07, 6.45) is 7.89. The number of nitrogens with zero attached hydrogens (tertiary/aromatic N) is 1. The highest BCUT2D eigenvalue weighted by Gasteiger charge is 2.60. The maximum Gasteiger partial charge on any atom is 0.155 e. The number of rotatable bonds is 1. The average molecular weight is 315 g/mol. The van der Waals surface area contributed by atoms with E-state index in [1.807, 2.05) is 12.3 Å². The van der Waals surface area contributed by atoms with Crippen molar-refractivity contribution in [2.24, 2.45) is 16.7 Å². The average Bonchev–Trinajstić information content (AvgIpc) is 2.96. The Morgan fingerprint density at radius 1 is 1.35 bits per heavy atom. The van der Waals surface area contributed by atoms with E-state index in [0.29, 0.717) is 12.3 Å². The van der Waals surface area contributed by atoms with Gasteiger partial charge in [0, 0.05) is 22.8 Å². The van der Waals surface area contributed by atoms with E-state index in [-0.39, 0.29) is 28.6 Å². The molecule has 1 aromatic heterocycles. The summed E-state index contributed by atoms with van der Waals surface area (Å²) in [7, 11) is 0. The van der Waals surface area contributed by atoms with E-state index in [1.165, 1.54) is 5.57 Å². The van der Waals surface area contributed by atoms with Crippen LogP contribution in [0.4, 0.5) is 0 Å². The van der Waals surface area contributed by atoms with Crippen LogP contribution in [0, 0.1) is 16.7 Å². The fourth-order valence-corrected chi connectivity index (χ4v) is 5.93. The maximum absolute atomic E-state index is 12.2. The topological polar surface area (TPSA) is 63.3 Å². The fraction of sp³-hybridized carbons (Fsp3) is 0.684. The summed E-state index contributed by atoms with van der Waals surface area (Å²) in [5.74, 6) is 1.60. The normalized spacial score (nSPS) is 38.3. The van der Waals surface area contributed by atoms with Crippen LogP contribution in [0.2, 0.25) is 0 Å². The lowest BCUT2D eigenvalue weighted by molar-refractivity contribution is -0.117. The van der Waals surface area contributed by atoms with Gasteiger partial charge in [-0.1, -0.05) is 31.5 Å². The number of aromatic nitrogens is 1. The molecular weight excluding hydrogens is 290 g/mol. The zero-order valence-corrected chi connectivity index (χ0v) is 14.2. The molecule has 0 bridgehead atoms. The molecule has 1 aromatic rings. The van der Waals surface area contributed by atoms with E-state index in [9.17, 15) is 9.90 Å². The van der Waals surface area contributed by atoms with Crippen LogP contribution in [0.25, 0.3) is 0 Å². The molecule has 0 spiro atoms. The lowest BCUT2D eigenvalue weighted by Crippen LogP contribution is -2.55. The second kappa shape index (κ2) is 4.56. The van der Waals surface area contributed by atoms with Crippen molar-refractivity contribution in [1.29, 1.82) is 0 Å². The molecule has 4 nitrogen and oxygen atoms in total. The van der Waals surface area contributed by atoms with Gasteiger partial charge in [-0.15, -0.1) is 0 Å². The van der Waals surface area contributed by atoms with Crippen LogP contribution in [-0.2, 0) is 16.6 Å². The number of carbonyl (C=O) groups is 1. The number of allylic oxidation sites excluding steroid dienone is 1. The van der Waals surface area contributed by atoms with Gasteiger partial charge in [-0.25, -0.2) is 0 Å². The van der Waals surface area contributed by atoms with Gasteiger partial charge < -0.3 is 9.63 Å². The quantitative estimate of drug-likeness (QED) is 0.864.